The number of hydrogen-bond donors (Lipinski definition) is 0. The van der Waals surface area contributed by atoms with E-state index >= 15 is 0 Å². The molecular formula is C44H84O6. The molecule has 0 radical (unpaired) electrons. The molecule has 0 amide bonds. The van der Waals surface area contributed by atoms with Gasteiger partial charge in [-0.3, -0.25) is 14.4 Å². The summed E-state index contributed by atoms with van der Waals surface area (Å²) in [6.07, 6.45) is 36.8. The fourth-order valence-electron chi connectivity index (χ4n) is 6.45. The zero-order chi connectivity index (χ0) is 36.8. The lowest BCUT2D eigenvalue weighted by Crippen LogP contribution is -2.30. The van der Waals surface area contributed by atoms with E-state index in [-0.39, 0.29) is 31.1 Å². The molecule has 0 aliphatic heterocycles. The van der Waals surface area contributed by atoms with Crippen LogP contribution in [0.3, 0.4) is 0 Å². The molecule has 0 heterocycles. The van der Waals surface area contributed by atoms with Crippen molar-refractivity contribution in [3.8, 4) is 0 Å². The van der Waals surface area contributed by atoms with E-state index in [1.54, 1.807) is 0 Å². The Kier molecular flexibility index (Phi) is 37.4. The Bertz CT molecular complexity index is 751. The minimum absolute atomic E-state index is 0.0651. The molecule has 50 heavy (non-hydrogen) atoms. The molecular weight excluding hydrogens is 624 g/mol. The van der Waals surface area contributed by atoms with Gasteiger partial charge >= 0.3 is 17.9 Å². The SMILES string of the molecule is CCCCCCCCCCCCCCCCCC(=O)OC[C@H](COC(=O)CCCCCCCCC)OC(=O)CCCCCCCCCC(C)C. The van der Waals surface area contributed by atoms with Crippen LogP contribution in [-0.4, -0.2) is 37.2 Å². The predicted octanol–water partition coefficient (Wildman–Crippen LogP) is 13.6. The number of rotatable bonds is 39. The minimum Gasteiger partial charge on any atom is -0.462 e. The first kappa shape index (κ1) is 48.4. The van der Waals surface area contributed by atoms with Gasteiger partial charge in [0.1, 0.15) is 13.2 Å². The van der Waals surface area contributed by atoms with E-state index in [1.165, 1.54) is 135 Å². The second-order valence-electron chi connectivity index (χ2n) is 15.5. The van der Waals surface area contributed by atoms with Crippen LogP contribution in [0.15, 0.2) is 0 Å². The molecule has 0 bridgehead atoms. The molecule has 1 atom stereocenters. The third-order valence-corrected chi connectivity index (χ3v) is 9.79. The highest BCUT2D eigenvalue weighted by Crippen LogP contribution is 2.16. The van der Waals surface area contributed by atoms with Crippen LogP contribution in [-0.2, 0) is 28.6 Å². The van der Waals surface area contributed by atoms with Gasteiger partial charge < -0.3 is 14.2 Å². The molecule has 0 fully saturated rings. The topological polar surface area (TPSA) is 78.9 Å². The first-order valence-corrected chi connectivity index (χ1v) is 21.9. The van der Waals surface area contributed by atoms with Crippen molar-refractivity contribution in [2.45, 2.75) is 246 Å². The Morgan fingerprint density at radius 3 is 0.980 bits per heavy atom. The third-order valence-electron chi connectivity index (χ3n) is 9.79. The van der Waals surface area contributed by atoms with Crippen molar-refractivity contribution in [3.05, 3.63) is 0 Å². The van der Waals surface area contributed by atoms with Crippen LogP contribution in [0, 0.1) is 5.92 Å². The Labute approximate surface area is 310 Å². The van der Waals surface area contributed by atoms with Crippen molar-refractivity contribution in [1.29, 1.82) is 0 Å². The van der Waals surface area contributed by atoms with Gasteiger partial charge in [-0.2, -0.15) is 0 Å². The summed E-state index contributed by atoms with van der Waals surface area (Å²) in [5.41, 5.74) is 0. The van der Waals surface area contributed by atoms with Gasteiger partial charge in [0.15, 0.2) is 6.10 Å². The van der Waals surface area contributed by atoms with E-state index in [9.17, 15) is 14.4 Å². The predicted molar refractivity (Wildman–Crippen MR) is 210 cm³/mol. The smallest absolute Gasteiger partial charge is 0.306 e. The van der Waals surface area contributed by atoms with Gasteiger partial charge in [0.2, 0.25) is 0 Å². The first-order valence-electron chi connectivity index (χ1n) is 21.9. The maximum absolute atomic E-state index is 12.6. The number of unbranched alkanes of at least 4 members (excludes halogenated alkanes) is 26. The Hall–Kier alpha value is -1.59. The van der Waals surface area contributed by atoms with E-state index in [1.807, 2.05) is 0 Å². The third kappa shape index (κ3) is 37.7. The van der Waals surface area contributed by atoms with Crippen LogP contribution in [0.25, 0.3) is 0 Å². The second-order valence-corrected chi connectivity index (χ2v) is 15.5. The molecule has 0 spiro atoms. The zero-order valence-electron chi connectivity index (χ0n) is 33.9. The average Bonchev–Trinajstić information content (AvgIpc) is 3.09. The van der Waals surface area contributed by atoms with Gasteiger partial charge in [0.25, 0.3) is 0 Å². The summed E-state index contributed by atoms with van der Waals surface area (Å²) in [5, 5.41) is 0. The molecule has 0 aliphatic rings. The van der Waals surface area contributed by atoms with E-state index in [0.717, 1.165) is 63.7 Å². The van der Waals surface area contributed by atoms with Crippen molar-refractivity contribution in [2.75, 3.05) is 13.2 Å². The highest BCUT2D eigenvalue weighted by Gasteiger charge is 2.19. The van der Waals surface area contributed by atoms with E-state index in [4.69, 9.17) is 14.2 Å². The molecule has 0 aliphatic carbocycles. The van der Waals surface area contributed by atoms with E-state index < -0.39 is 6.10 Å². The summed E-state index contributed by atoms with van der Waals surface area (Å²) in [4.78, 5) is 37.5. The quantitative estimate of drug-likeness (QED) is 0.0359. The molecule has 0 unspecified atom stereocenters. The van der Waals surface area contributed by atoms with Gasteiger partial charge in [-0.1, -0.05) is 201 Å². The Morgan fingerprint density at radius 2 is 0.660 bits per heavy atom. The molecule has 0 rings (SSSR count). The van der Waals surface area contributed by atoms with E-state index in [2.05, 4.69) is 27.7 Å². The maximum atomic E-state index is 12.6. The molecule has 296 valence electrons. The van der Waals surface area contributed by atoms with Crippen molar-refractivity contribution in [2.24, 2.45) is 5.92 Å². The molecule has 0 aromatic rings. The van der Waals surface area contributed by atoms with Crippen molar-refractivity contribution >= 4 is 17.9 Å². The van der Waals surface area contributed by atoms with Crippen molar-refractivity contribution in [1.82, 2.24) is 0 Å². The molecule has 0 aromatic carbocycles. The number of hydrogen-bond acceptors (Lipinski definition) is 6. The molecule has 6 heteroatoms. The monoisotopic (exact) mass is 709 g/mol. The molecule has 0 saturated carbocycles. The second kappa shape index (κ2) is 38.6. The van der Waals surface area contributed by atoms with Gasteiger partial charge in [0.05, 0.1) is 0 Å². The van der Waals surface area contributed by atoms with Gasteiger partial charge in [-0.15, -0.1) is 0 Å². The summed E-state index contributed by atoms with van der Waals surface area (Å²) >= 11 is 0. The van der Waals surface area contributed by atoms with Crippen LogP contribution in [0.5, 0.6) is 0 Å². The van der Waals surface area contributed by atoms with Crippen LogP contribution in [0.1, 0.15) is 240 Å². The van der Waals surface area contributed by atoms with Crippen molar-refractivity contribution in [3.63, 3.8) is 0 Å². The average molecular weight is 709 g/mol. The summed E-state index contributed by atoms with van der Waals surface area (Å²) in [6.45, 7) is 8.90. The lowest BCUT2D eigenvalue weighted by atomic mass is 10.0. The van der Waals surface area contributed by atoms with Crippen LogP contribution >= 0.6 is 0 Å². The van der Waals surface area contributed by atoms with Crippen molar-refractivity contribution < 1.29 is 28.6 Å². The Balaban J connectivity index is 4.24. The fourth-order valence-corrected chi connectivity index (χ4v) is 6.45. The number of carbonyl (C=O) groups is 3. The Morgan fingerprint density at radius 1 is 0.380 bits per heavy atom. The van der Waals surface area contributed by atoms with Gasteiger partial charge in [0, 0.05) is 19.3 Å². The summed E-state index contributed by atoms with van der Waals surface area (Å²) in [6, 6.07) is 0. The van der Waals surface area contributed by atoms with Gasteiger partial charge in [-0.25, -0.2) is 0 Å². The fraction of sp³-hybridized carbons (Fsp3) is 0.932. The molecule has 6 nitrogen and oxygen atoms in total. The number of ether oxygens (including phenoxy) is 3. The number of carbonyl (C=O) groups excluding carboxylic acids is 3. The van der Waals surface area contributed by atoms with Crippen LogP contribution in [0.4, 0.5) is 0 Å². The highest BCUT2D eigenvalue weighted by molar-refractivity contribution is 5.71. The minimum atomic E-state index is -0.758. The van der Waals surface area contributed by atoms with Crippen LogP contribution in [0.2, 0.25) is 0 Å². The summed E-state index contributed by atoms with van der Waals surface area (Å²) in [7, 11) is 0. The normalized spacial score (nSPS) is 11.9. The lowest BCUT2D eigenvalue weighted by molar-refractivity contribution is -0.167. The zero-order valence-corrected chi connectivity index (χ0v) is 33.9. The van der Waals surface area contributed by atoms with E-state index in [0.29, 0.717) is 19.3 Å². The maximum Gasteiger partial charge on any atom is 0.306 e. The number of esters is 3. The highest BCUT2D eigenvalue weighted by atomic mass is 16.6. The van der Waals surface area contributed by atoms with Gasteiger partial charge in [-0.05, 0) is 25.2 Å². The largest absolute Gasteiger partial charge is 0.462 e. The van der Waals surface area contributed by atoms with Crippen LogP contribution < -0.4 is 0 Å². The standard InChI is InChI=1S/C44H84O6/c1-5-7-9-11-13-14-15-16-17-18-19-20-24-28-32-36-43(46)49-39-41(38-48-42(45)35-31-27-22-12-10-8-6-2)50-44(47)37-33-29-25-21-23-26-30-34-40(3)4/h40-41H,5-39H2,1-4H3/t41-/m0/s1. The molecule has 0 saturated heterocycles. The summed E-state index contributed by atoms with van der Waals surface area (Å²) in [5.74, 6) is -0.0880. The summed E-state index contributed by atoms with van der Waals surface area (Å²) < 4.78 is 16.6. The molecule has 0 N–H and O–H groups in total. The lowest BCUT2D eigenvalue weighted by Gasteiger charge is -2.18. The molecule has 0 aromatic heterocycles. The first-order chi connectivity index (χ1) is 24.4.